The molecule has 34 heavy (non-hydrogen) atoms. The molecule has 0 radical (unpaired) electrons. The first-order valence-corrected chi connectivity index (χ1v) is 11.9. The molecule has 2 unspecified atom stereocenters. The van der Waals surface area contributed by atoms with E-state index in [0.29, 0.717) is 31.8 Å². The predicted octanol–water partition coefficient (Wildman–Crippen LogP) is 3.90. The summed E-state index contributed by atoms with van der Waals surface area (Å²) in [5, 5.41) is 8.07. The molecule has 2 fully saturated rings. The number of Topliss-reactive ketones (excluding diaryl/α,β-unsaturated/α-hetero) is 1. The number of likely N-dealkylation sites (tertiary alicyclic amines) is 1. The molecule has 1 aromatic heterocycles. The summed E-state index contributed by atoms with van der Waals surface area (Å²) in [6.07, 6.45) is 6.30. The average molecular weight is 509 g/mol. The predicted molar refractivity (Wildman–Crippen MR) is 132 cm³/mol. The third kappa shape index (κ3) is 6.25. The number of aryl methyl sites for hydroxylation is 1. The van der Waals surface area contributed by atoms with Gasteiger partial charge in [-0.15, -0.1) is 17.5 Å². The highest BCUT2D eigenvalue weighted by molar-refractivity contribution is 7.81. The zero-order chi connectivity index (χ0) is 23.4. The Morgan fingerprint density at radius 2 is 2.06 bits per heavy atom. The Bertz CT molecular complexity index is 1040. The number of halogens is 2. The lowest BCUT2D eigenvalue weighted by Crippen LogP contribution is -2.42. The van der Waals surface area contributed by atoms with E-state index in [0.717, 1.165) is 30.5 Å². The van der Waals surface area contributed by atoms with Crippen molar-refractivity contribution in [2.24, 2.45) is 5.92 Å². The molecule has 0 N–H and O–H groups in total. The SMILES string of the molecule is CCOC(=O)CCn1nncc1/C=C1/CN(C(C(=O)C2CC2)c2ccccc2F)CCC1S.Cl. The molecule has 4 rings (SSSR count). The number of esters is 1. The number of hydrogen-bond donors (Lipinski definition) is 1. The summed E-state index contributed by atoms with van der Waals surface area (Å²) in [6, 6.07) is 5.95. The molecule has 1 aliphatic carbocycles. The van der Waals surface area contributed by atoms with Gasteiger partial charge in [0.05, 0.1) is 37.5 Å². The molecule has 0 amide bonds. The van der Waals surface area contributed by atoms with Gasteiger partial charge in [-0.2, -0.15) is 12.6 Å². The number of ether oxygens (including phenoxy) is 1. The van der Waals surface area contributed by atoms with Gasteiger partial charge >= 0.3 is 5.97 Å². The Balaban J connectivity index is 0.00000324. The van der Waals surface area contributed by atoms with Crippen molar-refractivity contribution in [2.45, 2.75) is 50.4 Å². The number of piperidine rings is 1. The number of benzene rings is 1. The number of carbonyl (C=O) groups excluding carboxylic acids is 2. The fraction of sp³-hybridized carbons (Fsp3) is 0.500. The van der Waals surface area contributed by atoms with Crippen LogP contribution in [-0.4, -0.2) is 56.6 Å². The minimum atomic E-state index is -0.602. The lowest BCUT2D eigenvalue weighted by Gasteiger charge is -2.37. The maximum atomic E-state index is 14.7. The van der Waals surface area contributed by atoms with E-state index in [1.165, 1.54) is 6.07 Å². The lowest BCUT2D eigenvalue weighted by molar-refractivity contribution is -0.143. The van der Waals surface area contributed by atoms with Crippen molar-refractivity contribution in [3.8, 4) is 0 Å². The second kappa shape index (κ2) is 12.0. The van der Waals surface area contributed by atoms with Gasteiger partial charge in [-0.1, -0.05) is 23.4 Å². The van der Waals surface area contributed by atoms with Crippen LogP contribution in [0.5, 0.6) is 0 Å². The molecule has 1 aromatic carbocycles. The van der Waals surface area contributed by atoms with Gasteiger partial charge in [0.15, 0.2) is 5.78 Å². The van der Waals surface area contributed by atoms with Crippen molar-refractivity contribution < 1.29 is 18.7 Å². The molecule has 1 saturated heterocycles. The molecule has 0 bridgehead atoms. The van der Waals surface area contributed by atoms with Gasteiger partial charge in [0, 0.05) is 29.8 Å². The van der Waals surface area contributed by atoms with Crippen LogP contribution in [0.15, 0.2) is 36.0 Å². The Labute approximate surface area is 210 Å². The number of aromatic nitrogens is 3. The van der Waals surface area contributed by atoms with Gasteiger partial charge in [-0.05, 0) is 43.9 Å². The second-order valence-corrected chi connectivity index (χ2v) is 9.16. The first-order chi connectivity index (χ1) is 16.0. The Morgan fingerprint density at radius 1 is 1.29 bits per heavy atom. The summed E-state index contributed by atoms with van der Waals surface area (Å²) in [4.78, 5) is 27.0. The normalized spacial score (nSPS) is 20.6. The molecule has 1 aliphatic heterocycles. The molecule has 10 heteroatoms. The summed E-state index contributed by atoms with van der Waals surface area (Å²) >= 11 is 4.76. The third-order valence-electron chi connectivity index (χ3n) is 6.13. The molecule has 184 valence electrons. The standard InChI is InChI=1S/C24H29FN4O3S.ClH/c1-2-32-22(30)10-12-29-18(14-26-27-29)13-17-15-28(11-9-21(17)33)23(24(31)16-7-8-16)19-5-3-4-6-20(19)25;/h3-6,13-14,16,21,23,33H,2,7-12,15H2,1H3;1H/b17-13-;. The van der Waals surface area contributed by atoms with Gasteiger partial charge in [0.2, 0.25) is 0 Å². The number of thiol groups is 1. The molecule has 2 heterocycles. The van der Waals surface area contributed by atoms with Gasteiger partial charge in [-0.3, -0.25) is 14.5 Å². The van der Waals surface area contributed by atoms with Crippen molar-refractivity contribution in [2.75, 3.05) is 19.7 Å². The number of hydrogen-bond acceptors (Lipinski definition) is 7. The number of carbonyl (C=O) groups is 2. The summed E-state index contributed by atoms with van der Waals surface area (Å²) < 4.78 is 21.4. The molecule has 2 aromatic rings. The second-order valence-electron chi connectivity index (χ2n) is 8.53. The highest BCUT2D eigenvalue weighted by Crippen LogP contribution is 2.39. The summed E-state index contributed by atoms with van der Waals surface area (Å²) in [6.45, 7) is 3.62. The molecular formula is C24H30ClFN4O3S. The summed E-state index contributed by atoms with van der Waals surface area (Å²) in [7, 11) is 0. The zero-order valence-electron chi connectivity index (χ0n) is 19.1. The monoisotopic (exact) mass is 508 g/mol. The van der Waals surface area contributed by atoms with Crippen LogP contribution in [-0.2, 0) is 20.9 Å². The average Bonchev–Trinajstić information content (AvgIpc) is 3.56. The third-order valence-corrected chi connectivity index (χ3v) is 6.72. The number of ketones is 1. The van der Waals surface area contributed by atoms with Crippen LogP contribution >= 0.6 is 25.0 Å². The van der Waals surface area contributed by atoms with E-state index >= 15 is 0 Å². The van der Waals surface area contributed by atoms with Crippen molar-refractivity contribution in [3.63, 3.8) is 0 Å². The fourth-order valence-electron chi connectivity index (χ4n) is 4.24. The van der Waals surface area contributed by atoms with E-state index < -0.39 is 6.04 Å². The first kappa shape index (κ1) is 26.4. The summed E-state index contributed by atoms with van der Waals surface area (Å²) in [5.74, 6) is -0.521. The number of nitrogens with zero attached hydrogens (tertiary/aromatic N) is 4. The minimum Gasteiger partial charge on any atom is -0.466 e. The smallest absolute Gasteiger partial charge is 0.307 e. The van der Waals surface area contributed by atoms with E-state index in [2.05, 4.69) is 15.2 Å². The molecule has 0 spiro atoms. The van der Waals surface area contributed by atoms with Gasteiger partial charge in [0.1, 0.15) is 5.82 Å². The topological polar surface area (TPSA) is 77.3 Å². The molecule has 7 nitrogen and oxygen atoms in total. The van der Waals surface area contributed by atoms with Crippen LogP contribution in [0.2, 0.25) is 0 Å². The maximum Gasteiger partial charge on any atom is 0.307 e. The van der Waals surface area contributed by atoms with Crippen LogP contribution in [0, 0.1) is 11.7 Å². The van der Waals surface area contributed by atoms with Crippen molar-refractivity contribution >= 4 is 42.9 Å². The van der Waals surface area contributed by atoms with Gasteiger partial charge < -0.3 is 4.74 Å². The highest BCUT2D eigenvalue weighted by Gasteiger charge is 2.40. The van der Waals surface area contributed by atoms with E-state index in [-0.39, 0.29) is 47.6 Å². The Hall–Kier alpha value is -2.23. The molecule has 1 saturated carbocycles. The van der Waals surface area contributed by atoms with Crippen LogP contribution in [0.4, 0.5) is 4.39 Å². The Morgan fingerprint density at radius 3 is 2.76 bits per heavy atom. The quantitative estimate of drug-likeness (QED) is 0.409. The van der Waals surface area contributed by atoms with E-state index in [9.17, 15) is 14.0 Å². The van der Waals surface area contributed by atoms with Crippen molar-refractivity contribution in [1.29, 1.82) is 0 Å². The van der Waals surface area contributed by atoms with Gasteiger partial charge in [0.25, 0.3) is 0 Å². The lowest BCUT2D eigenvalue weighted by atomic mass is 9.93. The first-order valence-electron chi connectivity index (χ1n) is 11.4. The van der Waals surface area contributed by atoms with Crippen LogP contribution < -0.4 is 0 Å². The summed E-state index contributed by atoms with van der Waals surface area (Å²) in [5.41, 5.74) is 2.20. The van der Waals surface area contributed by atoms with Crippen LogP contribution in [0.1, 0.15) is 49.9 Å². The largest absolute Gasteiger partial charge is 0.466 e. The Kier molecular flexibility index (Phi) is 9.27. The maximum absolute atomic E-state index is 14.7. The van der Waals surface area contributed by atoms with E-state index in [1.807, 2.05) is 6.08 Å². The molecular weight excluding hydrogens is 479 g/mol. The zero-order valence-corrected chi connectivity index (χ0v) is 20.8. The molecule has 2 atom stereocenters. The molecule has 2 aliphatic rings. The van der Waals surface area contributed by atoms with Crippen LogP contribution in [0.25, 0.3) is 6.08 Å². The van der Waals surface area contributed by atoms with Crippen molar-refractivity contribution in [3.05, 3.63) is 53.1 Å². The van der Waals surface area contributed by atoms with Crippen molar-refractivity contribution in [1.82, 2.24) is 19.9 Å². The van der Waals surface area contributed by atoms with Gasteiger partial charge in [-0.25, -0.2) is 9.07 Å². The van der Waals surface area contributed by atoms with Crippen LogP contribution in [0.3, 0.4) is 0 Å². The van der Waals surface area contributed by atoms with E-state index in [1.54, 1.807) is 36.0 Å². The minimum absolute atomic E-state index is 0. The number of rotatable bonds is 9. The fourth-order valence-corrected chi connectivity index (χ4v) is 4.52. The van der Waals surface area contributed by atoms with E-state index in [4.69, 9.17) is 17.4 Å². The highest BCUT2D eigenvalue weighted by atomic mass is 35.5.